The van der Waals surface area contributed by atoms with E-state index in [2.05, 4.69) is 12.1 Å². The van der Waals surface area contributed by atoms with E-state index in [1.807, 2.05) is 36.4 Å². The molecule has 132 valence electrons. The van der Waals surface area contributed by atoms with E-state index >= 15 is 0 Å². The van der Waals surface area contributed by atoms with Crippen molar-refractivity contribution in [2.45, 2.75) is 19.4 Å². The van der Waals surface area contributed by atoms with E-state index in [9.17, 15) is 4.79 Å². The Hall–Kier alpha value is -3.27. The predicted molar refractivity (Wildman–Crippen MR) is 102 cm³/mol. The Bertz CT molecular complexity index is 874. The molecular formula is C22H21NO3. The maximum absolute atomic E-state index is 10.9. The van der Waals surface area contributed by atoms with Gasteiger partial charge in [0.25, 0.3) is 0 Å². The van der Waals surface area contributed by atoms with Gasteiger partial charge in [0.15, 0.2) is 0 Å². The van der Waals surface area contributed by atoms with Crippen molar-refractivity contribution in [3.8, 4) is 5.75 Å². The second-order valence-electron chi connectivity index (χ2n) is 6.11. The van der Waals surface area contributed by atoms with E-state index in [0.29, 0.717) is 18.0 Å². The number of aryl methyl sites for hydroxylation is 2. The van der Waals surface area contributed by atoms with Crippen LogP contribution in [0.15, 0.2) is 72.8 Å². The third kappa shape index (κ3) is 4.42. The van der Waals surface area contributed by atoms with E-state index in [1.165, 1.54) is 5.56 Å². The minimum absolute atomic E-state index is 0.261. The van der Waals surface area contributed by atoms with Crippen LogP contribution < -0.4 is 10.5 Å². The minimum atomic E-state index is -0.937. The molecule has 0 heterocycles. The lowest BCUT2D eigenvalue weighted by molar-refractivity contribution is 0.0697. The highest BCUT2D eigenvalue weighted by molar-refractivity contribution is 5.87. The van der Waals surface area contributed by atoms with Crippen molar-refractivity contribution in [3.05, 3.63) is 95.1 Å². The van der Waals surface area contributed by atoms with Gasteiger partial charge >= 0.3 is 5.97 Å². The Morgan fingerprint density at radius 1 is 0.846 bits per heavy atom. The molecule has 0 fully saturated rings. The third-order valence-corrected chi connectivity index (χ3v) is 4.24. The molecule has 26 heavy (non-hydrogen) atoms. The van der Waals surface area contributed by atoms with Crippen molar-refractivity contribution < 1.29 is 14.6 Å². The van der Waals surface area contributed by atoms with Gasteiger partial charge in [-0.3, -0.25) is 0 Å². The number of anilines is 1. The minimum Gasteiger partial charge on any atom is -0.486 e. The average molecular weight is 347 g/mol. The molecule has 0 unspecified atom stereocenters. The zero-order valence-electron chi connectivity index (χ0n) is 14.4. The van der Waals surface area contributed by atoms with Crippen LogP contribution in [0.5, 0.6) is 5.75 Å². The van der Waals surface area contributed by atoms with Crippen molar-refractivity contribution in [1.29, 1.82) is 0 Å². The van der Waals surface area contributed by atoms with Crippen LogP contribution in [0.4, 0.5) is 5.69 Å². The van der Waals surface area contributed by atoms with E-state index in [0.717, 1.165) is 24.0 Å². The van der Waals surface area contributed by atoms with Gasteiger partial charge in [-0.2, -0.15) is 0 Å². The quantitative estimate of drug-likeness (QED) is 0.624. The number of rotatable bonds is 7. The van der Waals surface area contributed by atoms with Crippen LogP contribution in [0.2, 0.25) is 0 Å². The summed E-state index contributed by atoms with van der Waals surface area (Å²) in [6.45, 7) is 0.340. The molecule has 3 aromatic carbocycles. The first kappa shape index (κ1) is 17.5. The third-order valence-electron chi connectivity index (χ3n) is 4.24. The highest BCUT2D eigenvalue weighted by atomic mass is 16.5. The summed E-state index contributed by atoms with van der Waals surface area (Å²) < 4.78 is 5.97. The maximum Gasteiger partial charge on any atom is 0.335 e. The van der Waals surface area contributed by atoms with Gasteiger partial charge in [0.05, 0.1) is 11.3 Å². The molecule has 4 heteroatoms. The van der Waals surface area contributed by atoms with Crippen LogP contribution in [0.25, 0.3) is 0 Å². The second kappa shape index (κ2) is 8.21. The first-order valence-electron chi connectivity index (χ1n) is 8.50. The molecule has 3 rings (SSSR count). The van der Waals surface area contributed by atoms with E-state index in [1.54, 1.807) is 24.3 Å². The molecule has 0 atom stereocenters. The van der Waals surface area contributed by atoms with E-state index < -0.39 is 5.97 Å². The summed E-state index contributed by atoms with van der Waals surface area (Å²) in [6.07, 6.45) is 1.75. The molecule has 0 saturated heterocycles. The first-order valence-corrected chi connectivity index (χ1v) is 8.50. The fourth-order valence-corrected chi connectivity index (χ4v) is 2.80. The summed E-state index contributed by atoms with van der Waals surface area (Å²) in [7, 11) is 0. The fraction of sp³-hybridized carbons (Fsp3) is 0.136. The van der Waals surface area contributed by atoms with Gasteiger partial charge in [-0.15, -0.1) is 0 Å². The average Bonchev–Trinajstić information content (AvgIpc) is 2.67. The van der Waals surface area contributed by atoms with Crippen molar-refractivity contribution in [2.75, 3.05) is 5.73 Å². The molecular weight excluding hydrogens is 326 g/mol. The Labute approximate surface area is 152 Å². The summed E-state index contributed by atoms with van der Waals surface area (Å²) >= 11 is 0. The van der Waals surface area contributed by atoms with Crippen molar-refractivity contribution >= 4 is 11.7 Å². The number of aromatic carboxylic acids is 1. The van der Waals surface area contributed by atoms with Crippen molar-refractivity contribution in [1.82, 2.24) is 0 Å². The molecule has 0 aromatic heterocycles. The summed E-state index contributed by atoms with van der Waals surface area (Å²) in [4.78, 5) is 10.9. The van der Waals surface area contributed by atoms with Crippen LogP contribution in [0, 0.1) is 0 Å². The van der Waals surface area contributed by atoms with Crippen molar-refractivity contribution in [3.63, 3.8) is 0 Å². The summed E-state index contributed by atoms with van der Waals surface area (Å²) in [6, 6.07) is 22.7. The topological polar surface area (TPSA) is 72.5 Å². The Morgan fingerprint density at radius 2 is 1.58 bits per heavy atom. The van der Waals surface area contributed by atoms with Gasteiger partial charge in [0, 0.05) is 0 Å². The molecule has 4 nitrogen and oxygen atoms in total. The Balaban J connectivity index is 1.69. The van der Waals surface area contributed by atoms with Gasteiger partial charge in [0.2, 0.25) is 0 Å². The lowest BCUT2D eigenvalue weighted by Crippen LogP contribution is -2.04. The smallest absolute Gasteiger partial charge is 0.335 e. The number of nitrogens with two attached hydrogens (primary N) is 1. The van der Waals surface area contributed by atoms with Crippen LogP contribution in [0.3, 0.4) is 0 Å². The highest BCUT2D eigenvalue weighted by Crippen LogP contribution is 2.28. The SMILES string of the molecule is Nc1cccc(CCc2ccccc2)c1OCc1ccc(C(=O)O)cc1. The molecule has 0 aliphatic carbocycles. The fourth-order valence-electron chi connectivity index (χ4n) is 2.80. The molecule has 0 aliphatic rings. The summed E-state index contributed by atoms with van der Waals surface area (Å²) in [5.74, 6) is -0.237. The molecule has 3 aromatic rings. The molecule has 3 N–H and O–H groups in total. The predicted octanol–water partition coefficient (Wildman–Crippen LogP) is 4.33. The van der Waals surface area contributed by atoms with Gasteiger partial charge in [-0.1, -0.05) is 54.6 Å². The molecule has 0 spiro atoms. The standard InChI is InChI=1S/C22H21NO3/c23-20-8-4-7-18(12-9-16-5-2-1-3-6-16)21(20)26-15-17-10-13-19(14-11-17)22(24)25/h1-8,10-11,13-14H,9,12,15,23H2,(H,24,25). The molecule has 0 radical (unpaired) electrons. The first-order chi connectivity index (χ1) is 12.6. The van der Waals surface area contributed by atoms with Crippen LogP contribution in [-0.2, 0) is 19.4 Å². The van der Waals surface area contributed by atoms with E-state index in [4.69, 9.17) is 15.6 Å². The largest absolute Gasteiger partial charge is 0.486 e. The second-order valence-corrected chi connectivity index (χ2v) is 6.11. The molecule has 0 aliphatic heterocycles. The normalized spacial score (nSPS) is 10.5. The van der Waals surface area contributed by atoms with Gasteiger partial charge < -0.3 is 15.6 Å². The van der Waals surface area contributed by atoms with Crippen LogP contribution in [-0.4, -0.2) is 11.1 Å². The van der Waals surface area contributed by atoms with Crippen LogP contribution in [0.1, 0.15) is 27.0 Å². The lowest BCUT2D eigenvalue weighted by Gasteiger charge is -2.14. The lowest BCUT2D eigenvalue weighted by atomic mass is 10.0. The molecule has 0 amide bonds. The maximum atomic E-state index is 10.9. The number of hydrogen-bond donors (Lipinski definition) is 2. The molecule has 0 saturated carbocycles. The van der Waals surface area contributed by atoms with Crippen molar-refractivity contribution in [2.24, 2.45) is 0 Å². The Kier molecular flexibility index (Phi) is 5.54. The number of benzene rings is 3. The number of nitrogen functional groups attached to an aromatic ring is 1. The monoisotopic (exact) mass is 347 g/mol. The number of carbonyl (C=O) groups is 1. The number of ether oxygens (including phenoxy) is 1. The zero-order chi connectivity index (χ0) is 18.4. The van der Waals surface area contributed by atoms with Gasteiger partial charge in [-0.25, -0.2) is 4.79 Å². The number of para-hydroxylation sites is 1. The van der Waals surface area contributed by atoms with Gasteiger partial charge in [0.1, 0.15) is 12.4 Å². The summed E-state index contributed by atoms with van der Waals surface area (Å²) in [5.41, 5.74) is 10.2. The van der Waals surface area contributed by atoms with Gasteiger partial charge in [-0.05, 0) is 47.7 Å². The number of carboxylic acids is 1. The number of carboxylic acid groups (broad SMARTS) is 1. The highest BCUT2D eigenvalue weighted by Gasteiger charge is 2.09. The van der Waals surface area contributed by atoms with Crippen LogP contribution >= 0.6 is 0 Å². The number of hydrogen-bond acceptors (Lipinski definition) is 3. The molecule has 0 bridgehead atoms. The Morgan fingerprint density at radius 3 is 2.27 bits per heavy atom. The van der Waals surface area contributed by atoms with E-state index in [-0.39, 0.29) is 5.56 Å². The summed E-state index contributed by atoms with van der Waals surface area (Å²) in [5, 5.41) is 8.96. The zero-order valence-corrected chi connectivity index (χ0v) is 14.4.